The number of nitrogens with zero attached hydrogens (tertiary/aromatic N) is 1. The minimum Gasteiger partial charge on any atom is -0.399 e. The Balaban J connectivity index is 1.76. The van der Waals surface area contributed by atoms with Crippen LogP contribution in [-0.4, -0.2) is 23.2 Å². The van der Waals surface area contributed by atoms with Crippen LogP contribution >= 0.6 is 0 Å². The number of anilines is 2. The molecule has 1 fully saturated rings. The maximum absolute atomic E-state index is 9.62. The number of rotatable bonds is 4. The number of hydrogen-bond donors (Lipinski definition) is 3. The fourth-order valence-corrected chi connectivity index (χ4v) is 3.04. The van der Waals surface area contributed by atoms with Gasteiger partial charge >= 0.3 is 0 Å². The summed E-state index contributed by atoms with van der Waals surface area (Å²) >= 11 is 0. The van der Waals surface area contributed by atoms with Crippen LogP contribution in [0, 0.1) is 5.41 Å². The fourth-order valence-electron chi connectivity index (χ4n) is 3.04. The predicted octanol–water partition coefficient (Wildman–Crippen LogP) is 2.78. The highest BCUT2D eigenvalue weighted by molar-refractivity contribution is 5.83. The quantitative estimate of drug-likeness (QED) is 0.748. The van der Waals surface area contributed by atoms with Crippen molar-refractivity contribution in [3.63, 3.8) is 0 Å². The van der Waals surface area contributed by atoms with Crippen LogP contribution in [-0.2, 0) is 0 Å². The fraction of sp³-hybridized carbons (Fsp3) is 0.438. The van der Waals surface area contributed by atoms with Crippen molar-refractivity contribution in [2.75, 3.05) is 24.2 Å². The number of fused-ring (bicyclic) bond motifs is 1. The summed E-state index contributed by atoms with van der Waals surface area (Å²) in [6.07, 6.45) is 4.63. The first kappa shape index (κ1) is 13.2. The number of aliphatic hydroxyl groups is 1. The van der Waals surface area contributed by atoms with Crippen LogP contribution in [0.15, 0.2) is 30.3 Å². The van der Waals surface area contributed by atoms with E-state index in [-0.39, 0.29) is 12.0 Å². The lowest BCUT2D eigenvalue weighted by Gasteiger charge is -2.26. The van der Waals surface area contributed by atoms with Crippen LogP contribution in [0.25, 0.3) is 10.9 Å². The molecule has 2 aromatic rings. The van der Waals surface area contributed by atoms with E-state index in [1.165, 1.54) is 12.8 Å². The highest BCUT2D eigenvalue weighted by atomic mass is 16.3. The van der Waals surface area contributed by atoms with Crippen molar-refractivity contribution in [1.82, 2.24) is 4.98 Å². The smallest absolute Gasteiger partial charge is 0.126 e. The van der Waals surface area contributed by atoms with Crippen molar-refractivity contribution in [2.24, 2.45) is 5.41 Å². The van der Waals surface area contributed by atoms with E-state index in [2.05, 4.69) is 10.3 Å². The van der Waals surface area contributed by atoms with Crippen molar-refractivity contribution in [1.29, 1.82) is 0 Å². The van der Waals surface area contributed by atoms with Crippen molar-refractivity contribution in [2.45, 2.75) is 25.7 Å². The van der Waals surface area contributed by atoms with Gasteiger partial charge in [0, 0.05) is 23.0 Å². The van der Waals surface area contributed by atoms with Gasteiger partial charge < -0.3 is 16.2 Å². The third-order valence-electron chi connectivity index (χ3n) is 4.36. The number of nitrogens with one attached hydrogen (secondary N) is 1. The van der Waals surface area contributed by atoms with Crippen LogP contribution in [0.3, 0.4) is 0 Å². The van der Waals surface area contributed by atoms with Crippen molar-refractivity contribution in [3.05, 3.63) is 30.3 Å². The van der Waals surface area contributed by atoms with E-state index in [0.29, 0.717) is 0 Å². The summed E-state index contributed by atoms with van der Waals surface area (Å²) in [4.78, 5) is 4.59. The van der Waals surface area contributed by atoms with Crippen LogP contribution in [0.1, 0.15) is 25.7 Å². The maximum Gasteiger partial charge on any atom is 0.126 e. The van der Waals surface area contributed by atoms with Crippen LogP contribution in [0.5, 0.6) is 0 Å². The van der Waals surface area contributed by atoms with Crippen molar-refractivity contribution in [3.8, 4) is 0 Å². The number of benzene rings is 1. The van der Waals surface area contributed by atoms with Gasteiger partial charge in [0.15, 0.2) is 0 Å². The Kier molecular flexibility index (Phi) is 3.49. The van der Waals surface area contributed by atoms with E-state index in [9.17, 15) is 5.11 Å². The lowest BCUT2D eigenvalue weighted by atomic mass is 9.87. The van der Waals surface area contributed by atoms with Gasteiger partial charge in [-0.15, -0.1) is 0 Å². The molecule has 0 saturated heterocycles. The Morgan fingerprint density at radius 1 is 1.20 bits per heavy atom. The SMILES string of the molecule is Nc1ccc2nc(NCC3(CO)CCCC3)ccc2c1. The molecule has 4 N–H and O–H groups in total. The summed E-state index contributed by atoms with van der Waals surface area (Å²) in [5, 5.41) is 14.1. The molecule has 0 spiro atoms. The molecule has 4 heteroatoms. The molecule has 1 aliphatic carbocycles. The zero-order chi connectivity index (χ0) is 14.0. The van der Waals surface area contributed by atoms with E-state index < -0.39 is 0 Å². The molecule has 0 unspecified atom stereocenters. The molecule has 1 aromatic carbocycles. The molecule has 0 atom stereocenters. The first-order valence-electron chi connectivity index (χ1n) is 7.22. The Hall–Kier alpha value is -1.81. The monoisotopic (exact) mass is 271 g/mol. The van der Waals surface area contributed by atoms with E-state index in [4.69, 9.17) is 5.73 Å². The molecular formula is C16H21N3O. The molecule has 0 amide bonds. The second-order valence-corrected chi connectivity index (χ2v) is 5.87. The normalized spacial score (nSPS) is 17.4. The topological polar surface area (TPSA) is 71.2 Å². The van der Waals surface area contributed by atoms with Crippen LogP contribution in [0.2, 0.25) is 0 Å². The molecule has 1 saturated carbocycles. The highest BCUT2D eigenvalue weighted by Crippen LogP contribution is 2.37. The summed E-state index contributed by atoms with van der Waals surface area (Å²) in [6.45, 7) is 1.04. The van der Waals surface area contributed by atoms with Gasteiger partial charge in [-0.1, -0.05) is 12.8 Å². The first-order valence-corrected chi connectivity index (χ1v) is 7.22. The Bertz CT molecular complexity index is 606. The maximum atomic E-state index is 9.62. The highest BCUT2D eigenvalue weighted by Gasteiger charge is 2.32. The molecular weight excluding hydrogens is 250 g/mol. The number of aromatic nitrogens is 1. The third-order valence-corrected chi connectivity index (χ3v) is 4.36. The van der Waals surface area contributed by atoms with Crippen molar-refractivity contribution < 1.29 is 5.11 Å². The van der Waals surface area contributed by atoms with Gasteiger partial charge in [0.25, 0.3) is 0 Å². The van der Waals surface area contributed by atoms with Gasteiger partial charge in [0.2, 0.25) is 0 Å². The molecule has 0 aliphatic heterocycles. The van der Waals surface area contributed by atoms with Gasteiger partial charge in [-0.25, -0.2) is 4.98 Å². The van der Waals surface area contributed by atoms with Crippen LogP contribution < -0.4 is 11.1 Å². The lowest BCUT2D eigenvalue weighted by molar-refractivity contribution is 0.142. The number of nitrogen functional groups attached to an aromatic ring is 1. The summed E-state index contributed by atoms with van der Waals surface area (Å²) < 4.78 is 0. The molecule has 3 rings (SSSR count). The number of aliphatic hydroxyl groups excluding tert-OH is 1. The largest absolute Gasteiger partial charge is 0.399 e. The lowest BCUT2D eigenvalue weighted by Crippen LogP contribution is -2.30. The zero-order valence-electron chi connectivity index (χ0n) is 11.6. The average Bonchev–Trinajstić information content (AvgIpc) is 2.94. The van der Waals surface area contributed by atoms with Crippen LogP contribution in [0.4, 0.5) is 11.5 Å². The zero-order valence-corrected chi connectivity index (χ0v) is 11.6. The van der Waals surface area contributed by atoms with Gasteiger partial charge in [0.05, 0.1) is 12.1 Å². The Morgan fingerprint density at radius 2 is 2.00 bits per heavy atom. The molecule has 106 valence electrons. The van der Waals surface area contributed by atoms with E-state index >= 15 is 0 Å². The molecule has 1 aromatic heterocycles. The second-order valence-electron chi connectivity index (χ2n) is 5.87. The number of nitrogens with two attached hydrogens (primary N) is 1. The van der Waals surface area contributed by atoms with Crippen molar-refractivity contribution >= 4 is 22.4 Å². The molecule has 0 radical (unpaired) electrons. The summed E-state index contributed by atoms with van der Waals surface area (Å²) in [6, 6.07) is 9.74. The molecule has 4 nitrogen and oxygen atoms in total. The number of pyridine rings is 1. The first-order chi connectivity index (χ1) is 9.71. The minimum atomic E-state index is 0.0394. The number of hydrogen-bond acceptors (Lipinski definition) is 4. The average molecular weight is 271 g/mol. The molecule has 1 aliphatic rings. The summed E-state index contributed by atoms with van der Waals surface area (Å²) in [5.74, 6) is 0.863. The molecule has 20 heavy (non-hydrogen) atoms. The van der Waals surface area contributed by atoms with Gasteiger partial charge in [-0.05, 0) is 43.2 Å². The second kappa shape index (κ2) is 5.29. The predicted molar refractivity (Wildman–Crippen MR) is 82.6 cm³/mol. The minimum absolute atomic E-state index is 0.0394. The molecule has 0 bridgehead atoms. The van der Waals surface area contributed by atoms with E-state index in [1.807, 2.05) is 30.3 Å². The Morgan fingerprint density at radius 3 is 2.75 bits per heavy atom. The van der Waals surface area contributed by atoms with Gasteiger partial charge in [-0.3, -0.25) is 0 Å². The third kappa shape index (κ3) is 2.56. The standard InChI is InChI=1S/C16H21N3O/c17-13-4-5-14-12(9-13)3-6-15(19-14)18-10-16(11-20)7-1-2-8-16/h3-6,9,20H,1-2,7-8,10-11,17H2,(H,18,19). The molecule has 1 heterocycles. The van der Waals surface area contributed by atoms with Gasteiger partial charge in [0.1, 0.15) is 5.82 Å². The summed E-state index contributed by atoms with van der Waals surface area (Å²) in [5.41, 5.74) is 7.50. The van der Waals surface area contributed by atoms with E-state index in [1.54, 1.807) is 0 Å². The van der Waals surface area contributed by atoms with Gasteiger partial charge in [-0.2, -0.15) is 0 Å². The summed E-state index contributed by atoms with van der Waals surface area (Å²) in [7, 11) is 0. The Labute approximate surface area is 119 Å². The van der Waals surface area contributed by atoms with E-state index in [0.717, 1.165) is 41.8 Å².